The van der Waals surface area contributed by atoms with E-state index in [0.29, 0.717) is 121 Å². The quantitative estimate of drug-likeness (QED) is 0.0426. The van der Waals surface area contributed by atoms with Crippen molar-refractivity contribution in [1.82, 2.24) is 45.3 Å². The number of nitrogens with zero attached hydrogens (tertiary/aromatic N) is 5. The van der Waals surface area contributed by atoms with Gasteiger partial charge in [-0.05, 0) is 101 Å². The lowest BCUT2D eigenvalue weighted by atomic mass is 9.84. The first-order valence-corrected chi connectivity index (χ1v) is 26.5. The molecule has 2 aromatic rings. The second-order valence-electron chi connectivity index (χ2n) is 20.6. The lowest BCUT2D eigenvalue weighted by Crippen LogP contribution is -2.47. The Labute approximate surface area is 449 Å². The van der Waals surface area contributed by atoms with Gasteiger partial charge in [0.15, 0.2) is 0 Å². The van der Waals surface area contributed by atoms with Gasteiger partial charge in [0.05, 0.1) is 92.2 Å². The van der Waals surface area contributed by atoms with Crippen LogP contribution < -0.4 is 10.6 Å². The third-order valence-electron chi connectivity index (χ3n) is 14.2. The molecule has 5 N–H and O–H groups in total. The number of aromatic amines is 2. The number of imide groups is 1. The number of fused-ring (bicyclic) bond motifs is 8. The van der Waals surface area contributed by atoms with Gasteiger partial charge >= 0.3 is 12.1 Å². The number of esters is 1. The van der Waals surface area contributed by atoms with E-state index in [1.165, 1.54) is 15.9 Å². The predicted molar refractivity (Wildman–Crippen MR) is 289 cm³/mol. The number of aliphatic hydroxyl groups excluding tert-OH is 1. The smallest absolute Gasteiger partial charge is 0.408 e. The minimum atomic E-state index is -0.718. The van der Waals surface area contributed by atoms with Crippen LogP contribution in [-0.4, -0.2) is 187 Å². The molecule has 7 heterocycles. The molecule has 416 valence electrons. The number of aryl methyl sites for hydroxylation is 1. The highest BCUT2D eigenvalue weighted by Gasteiger charge is 2.41. The number of carbonyl (C=O) groups is 6. The maximum absolute atomic E-state index is 15.3. The van der Waals surface area contributed by atoms with Crippen molar-refractivity contribution >= 4 is 69.0 Å². The molecule has 0 aliphatic carbocycles. The van der Waals surface area contributed by atoms with Crippen molar-refractivity contribution in [2.24, 2.45) is 0 Å². The second-order valence-corrected chi connectivity index (χ2v) is 20.6. The van der Waals surface area contributed by atoms with Gasteiger partial charge in [-0.2, -0.15) is 0 Å². The molecule has 21 heteroatoms. The monoisotopic (exact) mass is 1070 g/mol. The highest BCUT2D eigenvalue weighted by Crippen LogP contribution is 2.45. The summed E-state index contributed by atoms with van der Waals surface area (Å²) in [7, 11) is 1.66. The molecule has 5 aliphatic heterocycles. The predicted octanol–water partition coefficient (Wildman–Crippen LogP) is 5.44. The minimum Gasteiger partial charge on any atom is -0.460 e. The molecule has 0 unspecified atom stereocenters. The Bertz CT molecular complexity index is 2890. The molecule has 0 aromatic carbocycles. The maximum Gasteiger partial charge on any atom is 0.408 e. The Morgan fingerprint density at radius 3 is 2.29 bits per heavy atom. The molecule has 2 aromatic heterocycles. The van der Waals surface area contributed by atoms with Gasteiger partial charge in [0, 0.05) is 93.1 Å². The van der Waals surface area contributed by atoms with E-state index in [1.807, 2.05) is 45.9 Å². The number of allylic oxidation sites excluding steroid dienone is 5. The van der Waals surface area contributed by atoms with Crippen molar-refractivity contribution in [2.45, 2.75) is 92.1 Å². The number of hydrogen-bond acceptors (Lipinski definition) is 15. The zero-order chi connectivity index (χ0) is 55.6. The van der Waals surface area contributed by atoms with Crippen molar-refractivity contribution in [1.29, 1.82) is 0 Å². The Morgan fingerprint density at radius 1 is 0.883 bits per heavy atom. The number of amides is 5. The highest BCUT2D eigenvalue weighted by atomic mass is 16.6. The Hall–Kier alpha value is -6.78. The van der Waals surface area contributed by atoms with Gasteiger partial charge in [-0.15, -0.1) is 0 Å². The third kappa shape index (κ3) is 14.2. The summed E-state index contributed by atoms with van der Waals surface area (Å²) in [6.07, 6.45) is 3.38. The van der Waals surface area contributed by atoms with Gasteiger partial charge in [0.2, 0.25) is 11.8 Å². The zero-order valence-electron chi connectivity index (χ0n) is 45.9. The molecular weight excluding hydrogens is 991 g/mol. The summed E-state index contributed by atoms with van der Waals surface area (Å²) < 4.78 is 26.9. The van der Waals surface area contributed by atoms with Crippen LogP contribution in [0.25, 0.3) is 33.3 Å². The second kappa shape index (κ2) is 26.0. The Morgan fingerprint density at radius 2 is 1.57 bits per heavy atom. The summed E-state index contributed by atoms with van der Waals surface area (Å²) in [5, 5.41) is 14.1. The Balaban J connectivity index is 1.27. The van der Waals surface area contributed by atoms with Crippen molar-refractivity contribution < 1.29 is 57.6 Å². The summed E-state index contributed by atoms with van der Waals surface area (Å²) in [5.74, 6) is -2.77. The van der Waals surface area contributed by atoms with E-state index in [4.69, 9.17) is 38.8 Å². The molecule has 0 saturated carbocycles. The number of aliphatic hydroxyl groups is 1. The van der Waals surface area contributed by atoms with Crippen LogP contribution >= 0.6 is 0 Å². The summed E-state index contributed by atoms with van der Waals surface area (Å²) >= 11 is 0. The van der Waals surface area contributed by atoms with Gasteiger partial charge in [-0.1, -0.05) is 13.8 Å². The van der Waals surface area contributed by atoms with Crippen LogP contribution in [0.1, 0.15) is 140 Å². The number of ether oxygens (including phenoxy) is 5. The average molecular weight is 1070 g/mol. The molecular formula is C56H75N9O12. The lowest BCUT2D eigenvalue weighted by Gasteiger charge is -2.31. The number of likely N-dealkylation sites (N-methyl/N-ethyl adjacent to an activating group) is 1. The highest BCUT2D eigenvalue weighted by molar-refractivity contribution is 6.23. The number of aromatic nitrogens is 4. The number of alkyl carbamates (subject to hydrolysis) is 1. The molecule has 8 bridgehead atoms. The van der Waals surface area contributed by atoms with Crippen molar-refractivity contribution in [3.63, 3.8) is 0 Å². The first-order valence-electron chi connectivity index (χ1n) is 26.5. The summed E-state index contributed by atoms with van der Waals surface area (Å²) in [5.41, 5.74) is 8.94. The molecule has 1 saturated heterocycles. The topological polar surface area (TPSA) is 260 Å². The van der Waals surface area contributed by atoms with Gasteiger partial charge in [-0.3, -0.25) is 29.0 Å². The van der Waals surface area contributed by atoms with Crippen LogP contribution in [0, 0.1) is 6.92 Å². The van der Waals surface area contributed by atoms with Gasteiger partial charge < -0.3 is 54.3 Å². The van der Waals surface area contributed by atoms with Crippen molar-refractivity contribution in [3.8, 4) is 0 Å². The van der Waals surface area contributed by atoms with Crippen LogP contribution in [0.5, 0.6) is 0 Å². The zero-order valence-corrected chi connectivity index (χ0v) is 45.9. The number of H-pyrrole nitrogens is 2. The summed E-state index contributed by atoms with van der Waals surface area (Å²) in [6.45, 7) is 19.2. The molecule has 5 amide bonds. The summed E-state index contributed by atoms with van der Waals surface area (Å²) in [6, 6.07) is 5.79. The Kier molecular flexibility index (Phi) is 19.6. The van der Waals surface area contributed by atoms with Crippen LogP contribution in [0.2, 0.25) is 0 Å². The van der Waals surface area contributed by atoms with E-state index in [-0.39, 0.29) is 70.9 Å². The fourth-order valence-corrected chi connectivity index (χ4v) is 9.93. The van der Waals surface area contributed by atoms with E-state index < -0.39 is 41.3 Å². The van der Waals surface area contributed by atoms with Crippen LogP contribution in [0.4, 0.5) is 4.79 Å². The van der Waals surface area contributed by atoms with E-state index in [9.17, 15) is 24.0 Å². The normalized spacial score (nSPS) is 17.3. The van der Waals surface area contributed by atoms with Gasteiger partial charge in [-0.25, -0.2) is 19.6 Å². The molecule has 5 aliphatic rings. The number of carbonyl (C=O) groups excluding carboxylic acids is 6. The lowest BCUT2D eigenvalue weighted by molar-refractivity contribution is -0.139. The maximum atomic E-state index is 15.3. The molecule has 0 spiro atoms. The largest absolute Gasteiger partial charge is 0.460 e. The van der Waals surface area contributed by atoms with Crippen molar-refractivity contribution in [2.75, 3.05) is 106 Å². The molecule has 2 atom stereocenters. The number of morpholine rings is 1. The summed E-state index contributed by atoms with van der Waals surface area (Å²) in [4.78, 5) is 104. The van der Waals surface area contributed by atoms with Crippen LogP contribution in [0.15, 0.2) is 30.4 Å². The first-order chi connectivity index (χ1) is 36.8. The fraction of sp³-hybridized carbons (Fsp3) is 0.536. The molecule has 0 radical (unpaired) electrons. The molecule has 1 fully saturated rings. The molecule has 77 heavy (non-hydrogen) atoms. The standard InChI is InChI=1S/C56H75N9O12/c1-10-37-33(2)41-30-45-38(12-14-48(69)76-28-27-75-26-25-74-24-21-66)34(3)40(60-45)29-42-35(4)39(11-13-47(68)63(9)16-15-57-46(67)32-58-55(72)77-56(6,7)8)51(61-42)50-52-49(36(5)43(62-52)31-44(37)59-41)53(70)65(54(50)71)18-17-64-19-22-73-23-20-64/h12,14,29-31,35,39,61-62,66H,10-11,13,15-28,32H2,1-9H3,(H,57,67)(H,58,72)/b14-12+,42-29?,44-31?,45-30?,51-50?/t35-,39-/m0/s1. The van der Waals surface area contributed by atoms with E-state index in [2.05, 4.69) is 32.4 Å². The average Bonchev–Trinajstić information content (AvgIpc) is 4.15. The molecule has 7 rings (SSSR count). The van der Waals surface area contributed by atoms with Crippen LogP contribution in [0.3, 0.4) is 0 Å². The fourth-order valence-electron chi connectivity index (χ4n) is 9.93. The van der Waals surface area contributed by atoms with Crippen molar-refractivity contribution in [3.05, 3.63) is 81.2 Å². The number of hydrogen-bond donors (Lipinski definition) is 5. The van der Waals surface area contributed by atoms with E-state index in [0.717, 1.165) is 22.4 Å². The first kappa shape index (κ1) is 57.9. The SMILES string of the molecule is CCC1=C(C)c2cc3nc(cc4[nH]c(c5c6[nH]c(cc1n2)c(C)c6C(=O)N(CCN1CCOCC1)C5=O)[C@@H](CCC(=O)N(C)CCNC(=O)CNC(=O)OC(C)(C)C)[C@@H]4C)C(C)=C3/C=C/C(=O)OCCOCCOCCO. The minimum absolute atomic E-state index is 0.0260. The van der Waals surface area contributed by atoms with E-state index >= 15 is 4.79 Å². The van der Waals surface area contributed by atoms with E-state index in [1.54, 1.807) is 33.9 Å². The number of rotatable bonds is 22. The van der Waals surface area contributed by atoms with Crippen LogP contribution in [-0.2, 0) is 38.1 Å². The molecule has 21 nitrogen and oxygen atoms in total. The van der Waals surface area contributed by atoms with Gasteiger partial charge in [0.1, 0.15) is 12.2 Å². The van der Waals surface area contributed by atoms with Gasteiger partial charge in [0.25, 0.3) is 11.8 Å². The number of nitrogens with one attached hydrogen (secondary N) is 4. The third-order valence-corrected chi connectivity index (χ3v) is 14.2.